The van der Waals surface area contributed by atoms with Crippen molar-refractivity contribution in [1.82, 2.24) is 15.2 Å². The molecule has 112 valence electrons. The van der Waals surface area contributed by atoms with E-state index in [0.717, 1.165) is 50.3 Å². The highest BCUT2D eigenvalue weighted by atomic mass is 16.5. The first-order valence-corrected chi connectivity index (χ1v) is 7.77. The van der Waals surface area contributed by atoms with E-state index in [9.17, 15) is 0 Å². The maximum atomic E-state index is 6.02. The number of nitrogens with zero attached hydrogens (tertiary/aromatic N) is 2. The van der Waals surface area contributed by atoms with Crippen molar-refractivity contribution in [3.05, 3.63) is 24.0 Å². The van der Waals surface area contributed by atoms with Crippen molar-refractivity contribution in [3.63, 3.8) is 0 Å². The summed E-state index contributed by atoms with van der Waals surface area (Å²) >= 11 is 0. The monoisotopic (exact) mass is 277 g/mol. The molecule has 2 rings (SSSR count). The average Bonchev–Trinajstić information content (AvgIpc) is 2.48. The number of rotatable bonds is 6. The number of nitrogens with one attached hydrogen (secondary N) is 1. The normalized spacial score (nSPS) is 18.9. The summed E-state index contributed by atoms with van der Waals surface area (Å²) in [5.41, 5.74) is 1.10. The van der Waals surface area contributed by atoms with Crippen LogP contribution < -0.4 is 10.1 Å². The van der Waals surface area contributed by atoms with E-state index in [0.29, 0.717) is 12.1 Å². The molecule has 0 aliphatic carbocycles. The average molecular weight is 277 g/mol. The first kappa shape index (κ1) is 15.3. The largest absolute Gasteiger partial charge is 0.489 e. The van der Waals surface area contributed by atoms with Crippen molar-refractivity contribution >= 4 is 0 Å². The Hall–Kier alpha value is -1.13. The number of pyridine rings is 1. The molecule has 4 heteroatoms. The molecule has 20 heavy (non-hydrogen) atoms. The Morgan fingerprint density at radius 2 is 2.10 bits per heavy atom. The number of piperidine rings is 1. The van der Waals surface area contributed by atoms with Crippen molar-refractivity contribution in [1.29, 1.82) is 0 Å². The molecule has 1 aliphatic rings. The molecule has 0 saturated carbocycles. The van der Waals surface area contributed by atoms with Crippen LogP contribution in [0.25, 0.3) is 0 Å². The number of hydrogen-bond donors (Lipinski definition) is 1. The van der Waals surface area contributed by atoms with Gasteiger partial charge in [-0.15, -0.1) is 0 Å². The highest BCUT2D eigenvalue weighted by Crippen LogP contribution is 2.20. The van der Waals surface area contributed by atoms with E-state index in [1.165, 1.54) is 0 Å². The lowest BCUT2D eigenvalue weighted by Crippen LogP contribution is -2.35. The summed E-state index contributed by atoms with van der Waals surface area (Å²) in [6.07, 6.45) is 5.47. The molecule has 0 bridgehead atoms. The topological polar surface area (TPSA) is 37.4 Å². The fraction of sp³-hybridized carbons (Fsp3) is 0.688. The summed E-state index contributed by atoms with van der Waals surface area (Å²) in [7, 11) is 2.16. The predicted molar refractivity (Wildman–Crippen MR) is 82.1 cm³/mol. The second kappa shape index (κ2) is 7.60. The SMILES string of the molecule is CCNC(CC)c1ccc(OC2CCN(C)CC2)cn1. The number of likely N-dealkylation sites (tertiary alicyclic amines) is 1. The Kier molecular flexibility index (Phi) is 5.80. The summed E-state index contributed by atoms with van der Waals surface area (Å²) in [5.74, 6) is 0.898. The van der Waals surface area contributed by atoms with Crippen LogP contribution in [0.2, 0.25) is 0 Å². The molecule has 2 heterocycles. The van der Waals surface area contributed by atoms with Crippen molar-refractivity contribution in [2.24, 2.45) is 0 Å². The van der Waals surface area contributed by atoms with E-state index in [4.69, 9.17) is 4.74 Å². The summed E-state index contributed by atoms with van der Waals surface area (Å²) in [5, 5.41) is 3.45. The van der Waals surface area contributed by atoms with E-state index in [2.05, 4.69) is 48.2 Å². The Morgan fingerprint density at radius 3 is 2.65 bits per heavy atom. The third-order valence-corrected chi connectivity index (χ3v) is 3.94. The van der Waals surface area contributed by atoms with E-state index >= 15 is 0 Å². The number of aromatic nitrogens is 1. The molecule has 0 radical (unpaired) electrons. The summed E-state index contributed by atoms with van der Waals surface area (Å²) in [4.78, 5) is 6.90. The standard InChI is InChI=1S/C16H27N3O/c1-4-15(17-5-2)16-7-6-14(12-18-16)20-13-8-10-19(3)11-9-13/h6-7,12-13,15,17H,4-5,8-11H2,1-3H3. The molecule has 1 aliphatic heterocycles. The Balaban J connectivity index is 1.91. The van der Waals surface area contributed by atoms with Gasteiger partial charge in [-0.2, -0.15) is 0 Å². The minimum atomic E-state index is 0.342. The van der Waals surface area contributed by atoms with Crippen molar-refractivity contribution in [2.45, 2.75) is 45.3 Å². The van der Waals surface area contributed by atoms with Gasteiger partial charge in [0.15, 0.2) is 0 Å². The number of ether oxygens (including phenoxy) is 1. The molecule has 1 atom stereocenters. The third kappa shape index (κ3) is 4.18. The molecular weight excluding hydrogens is 250 g/mol. The van der Waals surface area contributed by atoms with Gasteiger partial charge in [-0.25, -0.2) is 0 Å². The Labute approximate surface area is 122 Å². The molecule has 1 aromatic heterocycles. The van der Waals surface area contributed by atoms with Gasteiger partial charge in [-0.1, -0.05) is 13.8 Å². The second-order valence-electron chi connectivity index (χ2n) is 5.56. The van der Waals surface area contributed by atoms with Crippen molar-refractivity contribution in [2.75, 3.05) is 26.7 Å². The molecule has 1 aromatic rings. The lowest BCUT2D eigenvalue weighted by Gasteiger charge is -2.29. The van der Waals surface area contributed by atoms with E-state index < -0.39 is 0 Å². The van der Waals surface area contributed by atoms with Gasteiger partial charge in [0.25, 0.3) is 0 Å². The zero-order valence-corrected chi connectivity index (χ0v) is 12.9. The molecule has 0 amide bonds. The first-order valence-electron chi connectivity index (χ1n) is 7.77. The summed E-state index contributed by atoms with van der Waals surface area (Å²) < 4.78 is 6.02. The highest BCUT2D eigenvalue weighted by Gasteiger charge is 2.18. The second-order valence-corrected chi connectivity index (χ2v) is 5.56. The van der Waals surface area contributed by atoms with Crippen LogP contribution in [0.5, 0.6) is 5.75 Å². The zero-order valence-electron chi connectivity index (χ0n) is 12.9. The highest BCUT2D eigenvalue weighted by molar-refractivity contribution is 5.22. The van der Waals surface area contributed by atoms with Crippen LogP contribution in [-0.4, -0.2) is 42.7 Å². The van der Waals surface area contributed by atoms with Crippen LogP contribution in [0, 0.1) is 0 Å². The minimum Gasteiger partial charge on any atom is -0.489 e. The molecule has 0 aromatic carbocycles. The van der Waals surface area contributed by atoms with Gasteiger partial charge in [0.05, 0.1) is 11.9 Å². The Bertz CT molecular complexity index is 385. The summed E-state index contributed by atoms with van der Waals surface area (Å²) in [6, 6.07) is 4.49. The van der Waals surface area contributed by atoms with Crippen molar-refractivity contribution < 1.29 is 4.74 Å². The quantitative estimate of drug-likeness (QED) is 0.867. The number of hydrogen-bond acceptors (Lipinski definition) is 4. The van der Waals surface area contributed by atoms with E-state index in [1.54, 1.807) is 0 Å². The predicted octanol–water partition coefficient (Wildman–Crippen LogP) is 2.62. The molecule has 1 N–H and O–H groups in total. The zero-order chi connectivity index (χ0) is 14.4. The minimum absolute atomic E-state index is 0.342. The maximum Gasteiger partial charge on any atom is 0.138 e. The van der Waals surface area contributed by atoms with Gasteiger partial charge in [0.1, 0.15) is 11.9 Å². The lowest BCUT2D eigenvalue weighted by molar-refractivity contribution is 0.114. The molecule has 1 saturated heterocycles. The van der Waals surface area contributed by atoms with Crippen LogP contribution in [0.3, 0.4) is 0 Å². The Morgan fingerprint density at radius 1 is 1.35 bits per heavy atom. The first-order chi connectivity index (χ1) is 9.72. The van der Waals surface area contributed by atoms with E-state index in [1.807, 2.05) is 6.20 Å². The van der Waals surface area contributed by atoms with Gasteiger partial charge < -0.3 is 15.0 Å². The van der Waals surface area contributed by atoms with Gasteiger partial charge in [-0.3, -0.25) is 4.98 Å². The van der Waals surface area contributed by atoms with Crippen LogP contribution in [-0.2, 0) is 0 Å². The third-order valence-electron chi connectivity index (χ3n) is 3.94. The van der Waals surface area contributed by atoms with E-state index in [-0.39, 0.29) is 0 Å². The molecule has 0 spiro atoms. The molecule has 4 nitrogen and oxygen atoms in total. The molecular formula is C16H27N3O. The smallest absolute Gasteiger partial charge is 0.138 e. The molecule has 1 unspecified atom stereocenters. The molecule has 1 fully saturated rings. The van der Waals surface area contributed by atoms with Gasteiger partial charge in [0.2, 0.25) is 0 Å². The maximum absolute atomic E-state index is 6.02. The van der Waals surface area contributed by atoms with Crippen molar-refractivity contribution in [3.8, 4) is 5.75 Å². The van der Waals surface area contributed by atoms with Crippen LogP contribution in [0.1, 0.15) is 44.8 Å². The van der Waals surface area contributed by atoms with Gasteiger partial charge in [0, 0.05) is 19.1 Å². The van der Waals surface area contributed by atoms with Gasteiger partial charge >= 0.3 is 0 Å². The fourth-order valence-electron chi connectivity index (χ4n) is 2.67. The van der Waals surface area contributed by atoms with Gasteiger partial charge in [-0.05, 0) is 45.0 Å². The van der Waals surface area contributed by atoms with Crippen LogP contribution in [0.15, 0.2) is 18.3 Å². The van der Waals surface area contributed by atoms with Crippen LogP contribution in [0.4, 0.5) is 0 Å². The summed E-state index contributed by atoms with van der Waals surface area (Å²) in [6.45, 7) is 7.51. The fourth-order valence-corrected chi connectivity index (χ4v) is 2.67. The van der Waals surface area contributed by atoms with Crippen LogP contribution >= 0.6 is 0 Å². The lowest BCUT2D eigenvalue weighted by atomic mass is 10.1.